The maximum Gasteiger partial charge on any atom is 0.418 e. The first-order valence-corrected chi connectivity index (χ1v) is 7.47. The van der Waals surface area contributed by atoms with Gasteiger partial charge in [-0.05, 0) is 39.1 Å². The molecular weight excluding hydrogens is 349 g/mol. The molecule has 1 unspecified atom stereocenters. The summed E-state index contributed by atoms with van der Waals surface area (Å²) < 4.78 is 43.8. The average Bonchev–Trinajstić information content (AvgIpc) is 2.47. The number of hydrogen-bond acceptors (Lipinski definition) is 4. The van der Waals surface area contributed by atoms with Crippen molar-refractivity contribution in [1.29, 1.82) is 0 Å². The highest BCUT2D eigenvalue weighted by atomic mass is 35.5. The van der Waals surface area contributed by atoms with E-state index >= 15 is 0 Å². The number of ether oxygens (including phenoxy) is 1. The van der Waals surface area contributed by atoms with Crippen molar-refractivity contribution >= 4 is 29.2 Å². The molecule has 9 heteroatoms. The summed E-state index contributed by atoms with van der Waals surface area (Å²) in [5.74, 6) is -1.21. The van der Waals surface area contributed by atoms with E-state index in [0.29, 0.717) is 0 Å². The van der Waals surface area contributed by atoms with E-state index in [2.05, 4.69) is 5.32 Å². The summed E-state index contributed by atoms with van der Waals surface area (Å²) in [5, 5.41) is 2.13. The van der Waals surface area contributed by atoms with E-state index in [0.717, 1.165) is 12.1 Å². The molecule has 0 bridgehead atoms. The van der Waals surface area contributed by atoms with Crippen LogP contribution in [0.15, 0.2) is 18.2 Å². The third-order valence-corrected chi connectivity index (χ3v) is 3.50. The first kappa shape index (κ1) is 20.2. The van der Waals surface area contributed by atoms with E-state index in [1.807, 2.05) is 0 Å². The van der Waals surface area contributed by atoms with Gasteiger partial charge < -0.3 is 10.1 Å². The predicted octanol–water partition coefficient (Wildman–Crippen LogP) is 3.18. The minimum atomic E-state index is -4.66. The Bertz CT molecular complexity index is 608. The Morgan fingerprint density at radius 3 is 2.54 bits per heavy atom. The highest BCUT2D eigenvalue weighted by molar-refractivity contribution is 6.30. The zero-order valence-corrected chi connectivity index (χ0v) is 14.2. The number of hydrogen-bond donors (Lipinski definition) is 1. The van der Waals surface area contributed by atoms with Gasteiger partial charge >= 0.3 is 12.1 Å². The number of likely N-dealkylation sites (N-methyl/N-ethyl adjacent to an activating group) is 1. The second kappa shape index (κ2) is 8.34. The van der Waals surface area contributed by atoms with Crippen LogP contribution >= 0.6 is 11.6 Å². The summed E-state index contributed by atoms with van der Waals surface area (Å²) in [6, 6.07) is 2.23. The number of rotatable bonds is 6. The monoisotopic (exact) mass is 366 g/mol. The third kappa shape index (κ3) is 5.68. The van der Waals surface area contributed by atoms with Gasteiger partial charge in [-0.2, -0.15) is 13.2 Å². The standard InChI is InChI=1S/C15H18ClF3N2O3/c1-4-24-13(22)8-21(3)9(2)14(23)20-12-6-5-10(16)7-11(12)15(17,18)19/h5-7,9H,4,8H2,1-3H3,(H,20,23). The van der Waals surface area contributed by atoms with Gasteiger partial charge in [-0.1, -0.05) is 11.6 Å². The van der Waals surface area contributed by atoms with Gasteiger partial charge in [0, 0.05) is 5.02 Å². The Morgan fingerprint density at radius 1 is 1.38 bits per heavy atom. The quantitative estimate of drug-likeness (QED) is 0.786. The summed E-state index contributed by atoms with van der Waals surface area (Å²) in [4.78, 5) is 24.9. The van der Waals surface area contributed by atoms with Crippen molar-refractivity contribution < 1.29 is 27.5 Å². The Morgan fingerprint density at radius 2 is 2.00 bits per heavy atom. The van der Waals surface area contributed by atoms with Crippen LogP contribution in [0.3, 0.4) is 0 Å². The Kier molecular flexibility index (Phi) is 7.04. The van der Waals surface area contributed by atoms with Gasteiger partial charge in [0.05, 0.1) is 30.4 Å². The molecule has 1 aromatic carbocycles. The van der Waals surface area contributed by atoms with Gasteiger partial charge in [0.25, 0.3) is 0 Å². The Labute approximate surface area is 142 Å². The highest BCUT2D eigenvalue weighted by Crippen LogP contribution is 2.36. The number of alkyl halides is 3. The van der Waals surface area contributed by atoms with Crippen LogP contribution in [0.5, 0.6) is 0 Å². The normalized spacial score (nSPS) is 12.8. The number of nitrogens with zero attached hydrogens (tertiary/aromatic N) is 1. The Hall–Kier alpha value is -1.80. The van der Waals surface area contributed by atoms with Crippen LogP contribution in [-0.2, 0) is 20.5 Å². The predicted molar refractivity (Wildman–Crippen MR) is 83.8 cm³/mol. The second-order valence-electron chi connectivity index (χ2n) is 5.07. The van der Waals surface area contributed by atoms with E-state index in [9.17, 15) is 22.8 Å². The van der Waals surface area contributed by atoms with Crippen LogP contribution in [0, 0.1) is 0 Å². The molecule has 0 saturated carbocycles. The molecule has 0 saturated heterocycles. The average molecular weight is 367 g/mol. The van der Waals surface area contributed by atoms with Gasteiger partial charge in [-0.15, -0.1) is 0 Å². The fraction of sp³-hybridized carbons (Fsp3) is 0.467. The minimum absolute atomic E-state index is 0.0900. The molecule has 0 aliphatic heterocycles. The van der Waals surface area contributed by atoms with E-state index < -0.39 is 35.3 Å². The number of halogens is 4. The molecule has 1 rings (SSSR count). The maximum absolute atomic E-state index is 13.0. The molecule has 0 fully saturated rings. The van der Waals surface area contributed by atoms with E-state index in [4.69, 9.17) is 16.3 Å². The zero-order valence-electron chi connectivity index (χ0n) is 13.4. The van der Waals surface area contributed by atoms with Gasteiger partial charge in [-0.3, -0.25) is 14.5 Å². The van der Waals surface area contributed by atoms with Crippen LogP contribution in [0.25, 0.3) is 0 Å². The van der Waals surface area contributed by atoms with Crippen LogP contribution in [-0.4, -0.2) is 43.0 Å². The van der Waals surface area contributed by atoms with E-state index in [-0.39, 0.29) is 18.2 Å². The lowest BCUT2D eigenvalue weighted by molar-refractivity contribution is -0.144. The van der Waals surface area contributed by atoms with Crippen molar-refractivity contribution in [3.63, 3.8) is 0 Å². The first-order valence-electron chi connectivity index (χ1n) is 7.09. The van der Waals surface area contributed by atoms with Crippen molar-refractivity contribution in [3.8, 4) is 0 Å². The van der Waals surface area contributed by atoms with Crippen LogP contribution < -0.4 is 5.32 Å². The summed E-state index contributed by atoms with van der Waals surface area (Å²) in [6.07, 6.45) is -4.66. The van der Waals surface area contributed by atoms with Gasteiger partial charge in [0.15, 0.2) is 0 Å². The fourth-order valence-electron chi connectivity index (χ4n) is 1.84. The molecule has 0 radical (unpaired) electrons. The molecule has 1 atom stereocenters. The van der Waals surface area contributed by atoms with Crippen LogP contribution in [0.1, 0.15) is 19.4 Å². The number of carbonyl (C=O) groups is 2. The van der Waals surface area contributed by atoms with Crippen LogP contribution in [0.2, 0.25) is 5.02 Å². The molecule has 0 aliphatic carbocycles. The molecule has 0 heterocycles. The lowest BCUT2D eigenvalue weighted by Gasteiger charge is -2.23. The number of amides is 1. The van der Waals surface area contributed by atoms with Crippen molar-refractivity contribution in [2.24, 2.45) is 0 Å². The smallest absolute Gasteiger partial charge is 0.418 e. The Balaban J connectivity index is 2.86. The van der Waals surface area contributed by atoms with E-state index in [1.165, 1.54) is 24.9 Å². The molecule has 24 heavy (non-hydrogen) atoms. The zero-order chi connectivity index (χ0) is 18.5. The van der Waals surface area contributed by atoms with Gasteiger partial charge in [0.1, 0.15) is 0 Å². The van der Waals surface area contributed by atoms with E-state index in [1.54, 1.807) is 6.92 Å². The number of anilines is 1. The van der Waals surface area contributed by atoms with Crippen molar-refractivity contribution in [2.45, 2.75) is 26.1 Å². The molecule has 0 aromatic heterocycles. The highest BCUT2D eigenvalue weighted by Gasteiger charge is 2.34. The van der Waals surface area contributed by atoms with Crippen molar-refractivity contribution in [2.75, 3.05) is 25.5 Å². The summed E-state index contributed by atoms with van der Waals surface area (Å²) >= 11 is 5.59. The number of nitrogens with one attached hydrogen (secondary N) is 1. The lowest BCUT2D eigenvalue weighted by Crippen LogP contribution is -2.42. The SMILES string of the molecule is CCOC(=O)CN(C)C(C)C(=O)Nc1ccc(Cl)cc1C(F)(F)F. The summed E-state index contributed by atoms with van der Waals surface area (Å²) in [6.45, 7) is 3.16. The van der Waals surface area contributed by atoms with Gasteiger partial charge in [0.2, 0.25) is 5.91 Å². The summed E-state index contributed by atoms with van der Waals surface area (Å²) in [5.41, 5.74) is -1.43. The topological polar surface area (TPSA) is 58.6 Å². The molecule has 1 N–H and O–H groups in total. The number of esters is 1. The number of benzene rings is 1. The third-order valence-electron chi connectivity index (χ3n) is 3.27. The molecule has 5 nitrogen and oxygen atoms in total. The second-order valence-corrected chi connectivity index (χ2v) is 5.51. The molecule has 0 aliphatic rings. The molecule has 0 spiro atoms. The van der Waals surface area contributed by atoms with Gasteiger partial charge in [-0.25, -0.2) is 0 Å². The molecular formula is C15H18ClF3N2O3. The number of carbonyl (C=O) groups excluding carboxylic acids is 2. The molecule has 1 amide bonds. The largest absolute Gasteiger partial charge is 0.465 e. The fourth-order valence-corrected chi connectivity index (χ4v) is 2.02. The lowest BCUT2D eigenvalue weighted by atomic mass is 10.1. The van der Waals surface area contributed by atoms with Crippen molar-refractivity contribution in [1.82, 2.24) is 4.90 Å². The maximum atomic E-state index is 13.0. The van der Waals surface area contributed by atoms with Crippen molar-refractivity contribution in [3.05, 3.63) is 28.8 Å². The first-order chi connectivity index (χ1) is 11.1. The van der Waals surface area contributed by atoms with Crippen LogP contribution in [0.4, 0.5) is 18.9 Å². The minimum Gasteiger partial charge on any atom is -0.465 e. The summed E-state index contributed by atoms with van der Waals surface area (Å²) in [7, 11) is 1.49. The molecule has 134 valence electrons. The molecule has 1 aromatic rings.